The lowest BCUT2D eigenvalue weighted by molar-refractivity contribution is 0.0994. The lowest BCUT2D eigenvalue weighted by Gasteiger charge is -2.18. The third-order valence-corrected chi connectivity index (χ3v) is 3.54. The summed E-state index contributed by atoms with van der Waals surface area (Å²) >= 11 is 0. The van der Waals surface area contributed by atoms with E-state index in [9.17, 15) is 4.79 Å². The van der Waals surface area contributed by atoms with Crippen LogP contribution in [0.2, 0.25) is 0 Å². The van der Waals surface area contributed by atoms with Crippen LogP contribution in [0, 0.1) is 6.92 Å². The van der Waals surface area contributed by atoms with Crippen molar-refractivity contribution in [3.05, 3.63) is 65.9 Å². The summed E-state index contributed by atoms with van der Waals surface area (Å²) in [7, 11) is 1.80. The molecule has 1 N–H and O–H groups in total. The number of H-pyrrole nitrogens is 1. The van der Waals surface area contributed by atoms with Gasteiger partial charge in [0.2, 0.25) is 0 Å². The van der Waals surface area contributed by atoms with Crippen LogP contribution in [0.15, 0.2) is 54.7 Å². The van der Waals surface area contributed by atoms with Gasteiger partial charge in [-0.05, 0) is 31.2 Å². The van der Waals surface area contributed by atoms with Crippen molar-refractivity contribution in [3.8, 4) is 0 Å². The Labute approximate surface area is 117 Å². The third-order valence-electron chi connectivity index (χ3n) is 3.54. The van der Waals surface area contributed by atoms with Gasteiger partial charge in [-0.2, -0.15) is 0 Å². The molecule has 1 aromatic heterocycles. The predicted octanol–water partition coefficient (Wildman–Crippen LogP) is 3.75. The molecule has 0 aliphatic heterocycles. The van der Waals surface area contributed by atoms with Crippen LogP contribution in [0.1, 0.15) is 15.9 Å². The summed E-state index contributed by atoms with van der Waals surface area (Å²) in [6.45, 7) is 2.03. The number of carbonyl (C=O) groups excluding carboxylic acids is 1. The highest BCUT2D eigenvalue weighted by molar-refractivity contribution is 6.12. The summed E-state index contributed by atoms with van der Waals surface area (Å²) in [5.74, 6) is -0.0121. The van der Waals surface area contributed by atoms with E-state index in [0.717, 1.165) is 16.6 Å². The van der Waals surface area contributed by atoms with E-state index in [2.05, 4.69) is 4.98 Å². The Morgan fingerprint density at radius 3 is 2.55 bits per heavy atom. The first-order valence-corrected chi connectivity index (χ1v) is 6.57. The molecule has 0 fully saturated rings. The number of aromatic nitrogens is 1. The normalized spacial score (nSPS) is 10.7. The lowest BCUT2D eigenvalue weighted by Crippen LogP contribution is -2.26. The minimum Gasteiger partial charge on any atom is -0.361 e. The van der Waals surface area contributed by atoms with Crippen molar-refractivity contribution >= 4 is 22.5 Å². The zero-order chi connectivity index (χ0) is 14.1. The maximum atomic E-state index is 12.6. The first kappa shape index (κ1) is 12.5. The zero-order valence-electron chi connectivity index (χ0n) is 11.6. The summed E-state index contributed by atoms with van der Waals surface area (Å²) in [6, 6.07) is 15.7. The van der Waals surface area contributed by atoms with Gasteiger partial charge in [-0.3, -0.25) is 4.79 Å². The van der Waals surface area contributed by atoms with E-state index >= 15 is 0 Å². The van der Waals surface area contributed by atoms with Gasteiger partial charge in [0.15, 0.2) is 0 Å². The number of amides is 1. The number of rotatable bonds is 2. The van der Waals surface area contributed by atoms with Crippen LogP contribution < -0.4 is 4.90 Å². The molecule has 0 saturated carbocycles. The SMILES string of the molecule is Cc1ccc(N(C)C(=O)c2cccc3cc[nH]c23)cc1. The van der Waals surface area contributed by atoms with E-state index < -0.39 is 0 Å². The van der Waals surface area contributed by atoms with Gasteiger partial charge in [-0.25, -0.2) is 0 Å². The average Bonchev–Trinajstić information content (AvgIpc) is 2.95. The summed E-state index contributed by atoms with van der Waals surface area (Å²) in [6.07, 6.45) is 1.85. The van der Waals surface area contributed by atoms with Crippen LogP contribution in [0.4, 0.5) is 5.69 Å². The fourth-order valence-corrected chi connectivity index (χ4v) is 2.33. The van der Waals surface area contributed by atoms with Gasteiger partial charge >= 0.3 is 0 Å². The van der Waals surface area contributed by atoms with Crippen LogP contribution in [0.3, 0.4) is 0 Å². The molecule has 3 aromatic rings. The second kappa shape index (κ2) is 4.85. The van der Waals surface area contributed by atoms with Crippen molar-refractivity contribution < 1.29 is 4.79 Å². The molecule has 0 saturated heterocycles. The second-order valence-corrected chi connectivity index (χ2v) is 4.95. The molecule has 3 nitrogen and oxygen atoms in total. The first-order chi connectivity index (χ1) is 9.66. The highest BCUT2D eigenvalue weighted by Crippen LogP contribution is 2.21. The summed E-state index contributed by atoms with van der Waals surface area (Å²) in [5, 5.41) is 1.05. The summed E-state index contributed by atoms with van der Waals surface area (Å²) in [4.78, 5) is 17.5. The van der Waals surface area contributed by atoms with Crippen LogP contribution in [-0.2, 0) is 0 Å². The van der Waals surface area contributed by atoms with Gasteiger partial charge in [0, 0.05) is 24.3 Å². The van der Waals surface area contributed by atoms with E-state index in [-0.39, 0.29) is 5.91 Å². The Kier molecular flexibility index (Phi) is 3.03. The van der Waals surface area contributed by atoms with E-state index in [1.165, 1.54) is 5.56 Å². The van der Waals surface area contributed by atoms with Gasteiger partial charge in [0.1, 0.15) is 0 Å². The van der Waals surface area contributed by atoms with Crippen molar-refractivity contribution in [3.63, 3.8) is 0 Å². The van der Waals surface area contributed by atoms with Crippen LogP contribution in [-0.4, -0.2) is 17.9 Å². The molecule has 0 radical (unpaired) electrons. The lowest BCUT2D eigenvalue weighted by atomic mass is 10.1. The molecule has 20 heavy (non-hydrogen) atoms. The number of fused-ring (bicyclic) bond motifs is 1. The maximum absolute atomic E-state index is 12.6. The average molecular weight is 264 g/mol. The maximum Gasteiger partial charge on any atom is 0.260 e. The van der Waals surface area contributed by atoms with Gasteiger partial charge in [0.05, 0.1) is 11.1 Å². The van der Waals surface area contributed by atoms with E-state index in [4.69, 9.17) is 0 Å². The van der Waals surface area contributed by atoms with Gasteiger partial charge in [-0.1, -0.05) is 29.8 Å². The molecule has 0 aliphatic carbocycles. The largest absolute Gasteiger partial charge is 0.361 e. The van der Waals surface area contributed by atoms with E-state index in [0.29, 0.717) is 5.56 Å². The van der Waals surface area contributed by atoms with E-state index in [1.807, 2.05) is 61.7 Å². The Bertz CT molecular complexity index is 756. The standard InChI is InChI=1S/C17H16N2O/c1-12-6-8-14(9-7-12)19(2)17(20)15-5-3-4-13-10-11-18-16(13)15/h3-11,18H,1-2H3. The van der Waals surface area contributed by atoms with Crippen molar-refractivity contribution in [1.82, 2.24) is 4.98 Å². The molecule has 3 heteroatoms. The third kappa shape index (κ3) is 2.07. The zero-order valence-corrected chi connectivity index (χ0v) is 11.6. The van der Waals surface area contributed by atoms with E-state index in [1.54, 1.807) is 11.9 Å². The molecule has 0 bridgehead atoms. The number of hydrogen-bond donors (Lipinski definition) is 1. The molecule has 0 spiro atoms. The molecular weight excluding hydrogens is 248 g/mol. The summed E-state index contributed by atoms with van der Waals surface area (Å²) in [5.41, 5.74) is 3.65. The monoisotopic (exact) mass is 264 g/mol. The highest BCUT2D eigenvalue weighted by atomic mass is 16.2. The Balaban J connectivity index is 1.99. The smallest absolute Gasteiger partial charge is 0.260 e. The number of benzene rings is 2. The summed E-state index contributed by atoms with van der Waals surface area (Å²) < 4.78 is 0. The minimum atomic E-state index is -0.0121. The molecule has 3 rings (SSSR count). The molecule has 0 aliphatic rings. The molecular formula is C17H16N2O. The number of nitrogens with one attached hydrogen (secondary N) is 1. The number of aryl methyl sites for hydroxylation is 1. The first-order valence-electron chi connectivity index (χ1n) is 6.57. The van der Waals surface area contributed by atoms with Crippen LogP contribution in [0.5, 0.6) is 0 Å². The number of hydrogen-bond acceptors (Lipinski definition) is 1. The quantitative estimate of drug-likeness (QED) is 0.751. The molecule has 0 atom stereocenters. The van der Waals surface area contributed by atoms with Crippen molar-refractivity contribution in [1.29, 1.82) is 0 Å². The van der Waals surface area contributed by atoms with Crippen LogP contribution >= 0.6 is 0 Å². The molecule has 0 unspecified atom stereocenters. The molecule has 1 amide bonds. The van der Waals surface area contributed by atoms with Gasteiger partial charge in [0.25, 0.3) is 5.91 Å². The highest BCUT2D eigenvalue weighted by Gasteiger charge is 2.16. The molecule has 2 aromatic carbocycles. The van der Waals surface area contributed by atoms with Crippen LogP contribution in [0.25, 0.3) is 10.9 Å². The van der Waals surface area contributed by atoms with Gasteiger partial charge < -0.3 is 9.88 Å². The number of nitrogens with zero attached hydrogens (tertiary/aromatic N) is 1. The van der Waals surface area contributed by atoms with Crippen molar-refractivity contribution in [2.45, 2.75) is 6.92 Å². The number of carbonyl (C=O) groups is 1. The van der Waals surface area contributed by atoms with Crippen molar-refractivity contribution in [2.24, 2.45) is 0 Å². The predicted molar refractivity (Wildman–Crippen MR) is 82.2 cm³/mol. The Hall–Kier alpha value is -2.55. The van der Waals surface area contributed by atoms with Crippen molar-refractivity contribution in [2.75, 3.05) is 11.9 Å². The Morgan fingerprint density at radius 2 is 1.80 bits per heavy atom. The Morgan fingerprint density at radius 1 is 1.05 bits per heavy atom. The van der Waals surface area contributed by atoms with Gasteiger partial charge in [-0.15, -0.1) is 0 Å². The number of aromatic amines is 1. The fourth-order valence-electron chi connectivity index (χ4n) is 2.33. The second-order valence-electron chi connectivity index (χ2n) is 4.95. The number of anilines is 1. The molecule has 100 valence electrons. The topological polar surface area (TPSA) is 36.1 Å². The number of para-hydroxylation sites is 1. The fraction of sp³-hybridized carbons (Fsp3) is 0.118. The molecule has 1 heterocycles. The minimum absolute atomic E-state index is 0.0121.